The Balaban J connectivity index is 3.58. The van der Waals surface area contributed by atoms with Crippen LogP contribution in [0, 0.1) is 28.6 Å². The molecule has 4 nitrogen and oxygen atoms in total. The molecule has 1 fully saturated rings. The summed E-state index contributed by atoms with van der Waals surface area (Å²) in [5.41, 5.74) is -2.37. The van der Waals surface area contributed by atoms with Crippen LogP contribution in [0.2, 0.25) is 0 Å². The molecule has 1 saturated carbocycles. The number of hydrogen-bond acceptors (Lipinski definition) is 2. The molecule has 24 heavy (non-hydrogen) atoms. The number of rotatable bonds is 9. The predicted octanol–water partition coefficient (Wildman–Crippen LogP) is 5.21. The maximum atomic E-state index is 12.6. The smallest absolute Gasteiger partial charge is 0.311 e. The SMILES string of the molecule is CCC(C(=O)O)(C1CCCCC1)C(CC(C)C)(CC(C)C)C(=O)O. The lowest BCUT2D eigenvalue weighted by Crippen LogP contribution is -2.57. The van der Waals surface area contributed by atoms with Crippen LogP contribution in [0.15, 0.2) is 0 Å². The highest BCUT2D eigenvalue weighted by Gasteiger charge is 2.63. The van der Waals surface area contributed by atoms with Crippen molar-refractivity contribution in [2.24, 2.45) is 28.6 Å². The van der Waals surface area contributed by atoms with E-state index in [0.29, 0.717) is 19.3 Å². The summed E-state index contributed by atoms with van der Waals surface area (Å²) in [6, 6.07) is 0. The molecule has 0 aliphatic heterocycles. The second-order valence-electron chi connectivity index (χ2n) is 8.55. The van der Waals surface area contributed by atoms with Crippen LogP contribution in [0.3, 0.4) is 0 Å². The average Bonchev–Trinajstić information content (AvgIpc) is 2.47. The Morgan fingerprint density at radius 3 is 1.67 bits per heavy atom. The minimum absolute atomic E-state index is 0.0395. The zero-order valence-corrected chi connectivity index (χ0v) is 16.1. The van der Waals surface area contributed by atoms with Gasteiger partial charge < -0.3 is 10.2 Å². The third kappa shape index (κ3) is 3.78. The predicted molar refractivity (Wildman–Crippen MR) is 95.9 cm³/mol. The Labute approximate surface area is 147 Å². The van der Waals surface area contributed by atoms with Crippen LogP contribution in [-0.2, 0) is 9.59 Å². The standard InChI is InChI=1S/C20H36O4/c1-6-20(18(23)24,16-10-8-7-9-11-16)19(17(21)22,12-14(2)3)13-15(4)5/h14-16H,6-13H2,1-5H3,(H,21,22)(H,23,24). The van der Waals surface area contributed by atoms with Gasteiger partial charge >= 0.3 is 11.9 Å². The lowest BCUT2D eigenvalue weighted by atomic mass is 9.49. The Bertz CT molecular complexity index is 425. The first kappa shape index (κ1) is 21.0. The molecule has 140 valence electrons. The van der Waals surface area contributed by atoms with Crippen molar-refractivity contribution in [2.45, 2.75) is 86.0 Å². The van der Waals surface area contributed by atoms with Gasteiger partial charge in [0.15, 0.2) is 0 Å². The molecule has 1 aliphatic rings. The van der Waals surface area contributed by atoms with Crippen molar-refractivity contribution in [3.8, 4) is 0 Å². The first-order chi connectivity index (χ1) is 11.1. The highest BCUT2D eigenvalue weighted by Crippen LogP contribution is 2.58. The molecule has 0 radical (unpaired) electrons. The van der Waals surface area contributed by atoms with E-state index in [1.54, 1.807) is 0 Å². The summed E-state index contributed by atoms with van der Waals surface area (Å²) >= 11 is 0. The van der Waals surface area contributed by atoms with Crippen LogP contribution in [-0.4, -0.2) is 22.2 Å². The summed E-state index contributed by atoms with van der Waals surface area (Å²) in [5.74, 6) is -1.56. The van der Waals surface area contributed by atoms with Crippen LogP contribution in [0.25, 0.3) is 0 Å². The molecule has 0 spiro atoms. The molecular formula is C20H36O4. The van der Waals surface area contributed by atoms with Gasteiger partial charge in [-0.05, 0) is 49.9 Å². The summed E-state index contributed by atoms with van der Waals surface area (Å²) < 4.78 is 0. The Morgan fingerprint density at radius 2 is 1.38 bits per heavy atom. The fourth-order valence-corrected chi connectivity index (χ4v) is 5.35. The molecule has 0 aromatic heterocycles. The first-order valence-electron chi connectivity index (χ1n) is 9.60. The topological polar surface area (TPSA) is 74.6 Å². The van der Waals surface area contributed by atoms with Crippen molar-refractivity contribution in [2.75, 3.05) is 0 Å². The molecule has 2 N–H and O–H groups in total. The van der Waals surface area contributed by atoms with Crippen molar-refractivity contribution in [3.05, 3.63) is 0 Å². The van der Waals surface area contributed by atoms with Gasteiger partial charge in [0.2, 0.25) is 0 Å². The number of carboxylic acid groups (broad SMARTS) is 2. The van der Waals surface area contributed by atoms with E-state index in [-0.39, 0.29) is 17.8 Å². The second kappa shape index (κ2) is 8.35. The molecule has 0 aromatic carbocycles. The highest BCUT2D eigenvalue weighted by atomic mass is 16.4. The van der Waals surface area contributed by atoms with Crippen LogP contribution in [0.1, 0.15) is 86.0 Å². The van der Waals surface area contributed by atoms with Gasteiger partial charge in [-0.25, -0.2) is 0 Å². The van der Waals surface area contributed by atoms with Crippen molar-refractivity contribution < 1.29 is 19.8 Å². The zero-order chi connectivity index (χ0) is 18.5. The van der Waals surface area contributed by atoms with Gasteiger partial charge in [0.25, 0.3) is 0 Å². The van der Waals surface area contributed by atoms with Crippen LogP contribution < -0.4 is 0 Å². The Kier molecular flexibility index (Phi) is 7.30. The summed E-state index contributed by atoms with van der Waals surface area (Å²) in [6.07, 6.45) is 6.08. The average molecular weight is 341 g/mol. The van der Waals surface area contributed by atoms with Gasteiger partial charge in [-0.2, -0.15) is 0 Å². The fraction of sp³-hybridized carbons (Fsp3) is 0.900. The minimum atomic E-state index is -1.20. The lowest BCUT2D eigenvalue weighted by molar-refractivity contribution is -0.188. The number of carboxylic acids is 2. The number of hydrogen-bond donors (Lipinski definition) is 2. The van der Waals surface area contributed by atoms with E-state index in [2.05, 4.69) is 0 Å². The van der Waals surface area contributed by atoms with E-state index < -0.39 is 22.8 Å². The van der Waals surface area contributed by atoms with Crippen molar-refractivity contribution in [1.29, 1.82) is 0 Å². The van der Waals surface area contributed by atoms with E-state index in [1.165, 1.54) is 0 Å². The molecule has 0 aromatic rings. The van der Waals surface area contributed by atoms with Crippen molar-refractivity contribution in [3.63, 3.8) is 0 Å². The molecule has 0 saturated heterocycles. The lowest BCUT2D eigenvalue weighted by Gasteiger charge is -2.51. The monoisotopic (exact) mass is 340 g/mol. The molecule has 0 bridgehead atoms. The molecule has 4 heteroatoms. The molecule has 0 heterocycles. The van der Waals surface area contributed by atoms with Crippen LogP contribution in [0.4, 0.5) is 0 Å². The molecular weight excluding hydrogens is 304 g/mol. The van der Waals surface area contributed by atoms with Crippen molar-refractivity contribution >= 4 is 11.9 Å². The minimum Gasteiger partial charge on any atom is -0.481 e. The first-order valence-corrected chi connectivity index (χ1v) is 9.60. The van der Waals surface area contributed by atoms with E-state index in [0.717, 1.165) is 32.1 Å². The van der Waals surface area contributed by atoms with E-state index in [4.69, 9.17) is 0 Å². The highest BCUT2D eigenvalue weighted by molar-refractivity contribution is 5.87. The van der Waals surface area contributed by atoms with Crippen LogP contribution >= 0.6 is 0 Å². The van der Waals surface area contributed by atoms with Gasteiger partial charge in [-0.3, -0.25) is 9.59 Å². The Hall–Kier alpha value is -1.06. The molecule has 0 amide bonds. The normalized spacial score (nSPS) is 19.5. The van der Waals surface area contributed by atoms with Gasteiger partial charge in [0.1, 0.15) is 0 Å². The fourth-order valence-electron chi connectivity index (χ4n) is 5.35. The maximum Gasteiger partial charge on any atom is 0.311 e. The molecule has 1 atom stereocenters. The third-order valence-corrected chi connectivity index (χ3v) is 6.02. The number of carbonyl (C=O) groups is 2. The number of aliphatic carboxylic acids is 2. The summed E-state index contributed by atoms with van der Waals surface area (Å²) in [4.78, 5) is 25.2. The van der Waals surface area contributed by atoms with E-state index in [9.17, 15) is 19.8 Å². The van der Waals surface area contributed by atoms with E-state index >= 15 is 0 Å². The molecule has 1 unspecified atom stereocenters. The zero-order valence-electron chi connectivity index (χ0n) is 16.1. The summed E-state index contributed by atoms with van der Waals surface area (Å²) in [7, 11) is 0. The van der Waals surface area contributed by atoms with Crippen LogP contribution in [0.5, 0.6) is 0 Å². The van der Waals surface area contributed by atoms with Gasteiger partial charge in [-0.1, -0.05) is 53.9 Å². The largest absolute Gasteiger partial charge is 0.481 e. The van der Waals surface area contributed by atoms with Gasteiger partial charge in [0, 0.05) is 0 Å². The van der Waals surface area contributed by atoms with Crippen molar-refractivity contribution in [1.82, 2.24) is 0 Å². The molecule has 1 rings (SSSR count). The molecule has 1 aliphatic carbocycles. The quantitative estimate of drug-likeness (QED) is 0.604. The Morgan fingerprint density at radius 1 is 0.917 bits per heavy atom. The maximum absolute atomic E-state index is 12.6. The van der Waals surface area contributed by atoms with Gasteiger partial charge in [0.05, 0.1) is 10.8 Å². The second-order valence-corrected chi connectivity index (χ2v) is 8.55. The van der Waals surface area contributed by atoms with Gasteiger partial charge in [-0.15, -0.1) is 0 Å². The van der Waals surface area contributed by atoms with E-state index in [1.807, 2.05) is 34.6 Å². The summed E-state index contributed by atoms with van der Waals surface area (Å²) in [6.45, 7) is 9.88. The third-order valence-electron chi connectivity index (χ3n) is 6.02. The summed E-state index contributed by atoms with van der Waals surface area (Å²) in [5, 5.41) is 20.6.